The van der Waals surface area contributed by atoms with Crippen LogP contribution in [-0.4, -0.2) is 48.8 Å². The molecule has 0 rings (SSSR count). The van der Waals surface area contributed by atoms with Crippen molar-refractivity contribution in [3.63, 3.8) is 0 Å². The molecule has 0 aliphatic rings. The van der Waals surface area contributed by atoms with Crippen LogP contribution in [0.15, 0.2) is 0 Å². The summed E-state index contributed by atoms with van der Waals surface area (Å²) in [6.07, 6.45) is 0.989. The van der Waals surface area contributed by atoms with Crippen LogP contribution in [0.4, 0.5) is 0 Å². The van der Waals surface area contributed by atoms with Gasteiger partial charge in [0, 0.05) is 7.11 Å². The van der Waals surface area contributed by atoms with Crippen LogP contribution in [0.2, 0.25) is 0 Å². The van der Waals surface area contributed by atoms with E-state index in [9.17, 15) is 9.90 Å². The minimum absolute atomic E-state index is 0.205. The molecule has 90 valence electrons. The van der Waals surface area contributed by atoms with Gasteiger partial charge in [0.1, 0.15) is 5.54 Å². The largest absolute Gasteiger partial charge is 0.480 e. The lowest BCUT2D eigenvalue weighted by atomic mass is 10.0. The van der Waals surface area contributed by atoms with Gasteiger partial charge in [-0.25, -0.2) is 0 Å². The molecule has 4 nitrogen and oxygen atoms in total. The zero-order valence-corrected chi connectivity index (χ0v) is 10.4. The van der Waals surface area contributed by atoms with Crippen LogP contribution in [0.3, 0.4) is 0 Å². The van der Waals surface area contributed by atoms with Crippen LogP contribution >= 0.6 is 0 Å². The van der Waals surface area contributed by atoms with Crippen LogP contribution in [0.25, 0.3) is 0 Å². The summed E-state index contributed by atoms with van der Waals surface area (Å²) in [5.74, 6) is -0.261. The lowest BCUT2D eigenvalue weighted by Crippen LogP contribution is -2.54. The number of rotatable bonds is 7. The van der Waals surface area contributed by atoms with Crippen LogP contribution in [-0.2, 0) is 9.53 Å². The highest BCUT2D eigenvalue weighted by molar-refractivity contribution is 5.78. The molecule has 0 radical (unpaired) electrons. The zero-order valence-electron chi connectivity index (χ0n) is 10.4. The van der Waals surface area contributed by atoms with E-state index < -0.39 is 11.5 Å². The zero-order chi connectivity index (χ0) is 12.1. The molecule has 0 aromatic heterocycles. The van der Waals surface area contributed by atoms with Gasteiger partial charge in [0.05, 0.1) is 6.61 Å². The molecule has 0 aliphatic carbocycles. The molecule has 0 saturated carbocycles. The third-order valence-corrected chi connectivity index (χ3v) is 2.77. The summed E-state index contributed by atoms with van der Waals surface area (Å²) in [5, 5.41) is 9.18. The van der Waals surface area contributed by atoms with Crippen molar-refractivity contribution in [1.82, 2.24) is 4.90 Å². The predicted molar refractivity (Wildman–Crippen MR) is 60.0 cm³/mol. The second-order valence-electron chi connectivity index (χ2n) is 4.62. The van der Waals surface area contributed by atoms with Crippen molar-refractivity contribution in [3.8, 4) is 0 Å². The average molecular weight is 217 g/mol. The summed E-state index contributed by atoms with van der Waals surface area (Å²) in [7, 11) is 3.35. The average Bonchev–Trinajstić information content (AvgIpc) is 2.13. The second-order valence-corrected chi connectivity index (χ2v) is 4.62. The van der Waals surface area contributed by atoms with Gasteiger partial charge in [0.15, 0.2) is 0 Å². The standard InChI is InChI=1S/C11H23NO3/c1-9(2)6-7-12(4)11(3,8-15-5)10(13)14/h9H,6-8H2,1-5H3,(H,13,14). The quantitative estimate of drug-likeness (QED) is 0.701. The van der Waals surface area contributed by atoms with Gasteiger partial charge < -0.3 is 9.84 Å². The van der Waals surface area contributed by atoms with E-state index in [1.54, 1.807) is 6.92 Å². The molecule has 0 fully saturated rings. The van der Waals surface area contributed by atoms with Crippen molar-refractivity contribution in [3.05, 3.63) is 0 Å². The first-order chi connectivity index (χ1) is 6.84. The third-order valence-electron chi connectivity index (χ3n) is 2.77. The first-order valence-corrected chi connectivity index (χ1v) is 5.28. The van der Waals surface area contributed by atoms with E-state index in [-0.39, 0.29) is 6.61 Å². The number of carboxylic acids is 1. The van der Waals surface area contributed by atoms with Crippen molar-refractivity contribution in [2.75, 3.05) is 27.3 Å². The Hall–Kier alpha value is -0.610. The number of nitrogens with zero attached hydrogens (tertiary/aromatic N) is 1. The molecule has 1 atom stereocenters. The number of methoxy groups -OCH3 is 1. The van der Waals surface area contributed by atoms with E-state index in [1.807, 2.05) is 11.9 Å². The summed E-state index contributed by atoms with van der Waals surface area (Å²) in [6, 6.07) is 0. The molecule has 0 aromatic carbocycles. The Bertz CT molecular complexity index is 206. The summed E-state index contributed by atoms with van der Waals surface area (Å²) in [4.78, 5) is 13.0. The Balaban J connectivity index is 4.41. The lowest BCUT2D eigenvalue weighted by Gasteiger charge is -2.34. The number of hydrogen-bond acceptors (Lipinski definition) is 3. The first kappa shape index (κ1) is 14.4. The van der Waals surface area contributed by atoms with Crippen molar-refractivity contribution in [2.45, 2.75) is 32.7 Å². The summed E-state index contributed by atoms with van der Waals surface area (Å²) in [5.41, 5.74) is -0.927. The van der Waals surface area contributed by atoms with Gasteiger partial charge in [0.25, 0.3) is 0 Å². The van der Waals surface area contributed by atoms with Crippen LogP contribution in [0.5, 0.6) is 0 Å². The molecule has 0 heterocycles. The van der Waals surface area contributed by atoms with Crippen molar-refractivity contribution in [1.29, 1.82) is 0 Å². The maximum atomic E-state index is 11.2. The van der Waals surface area contributed by atoms with Gasteiger partial charge in [-0.05, 0) is 32.9 Å². The molecular weight excluding hydrogens is 194 g/mol. The minimum atomic E-state index is -0.927. The number of hydrogen-bond donors (Lipinski definition) is 1. The smallest absolute Gasteiger partial charge is 0.326 e. The van der Waals surface area contributed by atoms with E-state index in [0.717, 1.165) is 13.0 Å². The summed E-state index contributed by atoms with van der Waals surface area (Å²) >= 11 is 0. The molecule has 0 aliphatic heterocycles. The van der Waals surface area contributed by atoms with Gasteiger partial charge in [-0.3, -0.25) is 9.69 Å². The topological polar surface area (TPSA) is 49.8 Å². The Labute approximate surface area is 92.2 Å². The molecule has 1 unspecified atom stereocenters. The summed E-state index contributed by atoms with van der Waals surface area (Å²) in [6.45, 7) is 6.92. The van der Waals surface area contributed by atoms with Crippen LogP contribution in [0, 0.1) is 5.92 Å². The fourth-order valence-electron chi connectivity index (χ4n) is 1.31. The normalized spacial score (nSPS) is 15.7. The third kappa shape index (κ3) is 4.18. The first-order valence-electron chi connectivity index (χ1n) is 5.28. The molecular formula is C11H23NO3. The van der Waals surface area contributed by atoms with Gasteiger partial charge in [-0.15, -0.1) is 0 Å². The van der Waals surface area contributed by atoms with E-state index in [2.05, 4.69) is 13.8 Å². The Morgan fingerprint density at radius 1 is 1.53 bits per heavy atom. The SMILES string of the molecule is COCC(C)(C(=O)O)N(C)CCC(C)C. The molecule has 0 saturated heterocycles. The highest BCUT2D eigenvalue weighted by Crippen LogP contribution is 2.15. The Kier molecular flexibility index (Phi) is 5.83. The molecule has 1 N–H and O–H groups in total. The molecule has 4 heteroatoms. The second kappa shape index (κ2) is 6.08. The van der Waals surface area contributed by atoms with E-state index in [0.29, 0.717) is 5.92 Å². The van der Waals surface area contributed by atoms with E-state index >= 15 is 0 Å². The number of ether oxygens (including phenoxy) is 1. The number of likely N-dealkylation sites (N-methyl/N-ethyl adjacent to an activating group) is 1. The molecule has 15 heavy (non-hydrogen) atoms. The predicted octanol–water partition coefficient (Wildman–Crippen LogP) is 1.45. The van der Waals surface area contributed by atoms with E-state index in [4.69, 9.17) is 4.74 Å². The lowest BCUT2D eigenvalue weighted by molar-refractivity contribution is -0.153. The maximum absolute atomic E-state index is 11.2. The van der Waals surface area contributed by atoms with Crippen LogP contribution < -0.4 is 0 Å². The highest BCUT2D eigenvalue weighted by Gasteiger charge is 2.37. The van der Waals surface area contributed by atoms with Gasteiger partial charge in [0.2, 0.25) is 0 Å². The molecule has 0 bridgehead atoms. The number of carboxylic acid groups (broad SMARTS) is 1. The Morgan fingerprint density at radius 3 is 2.40 bits per heavy atom. The molecule has 0 spiro atoms. The Morgan fingerprint density at radius 2 is 2.07 bits per heavy atom. The van der Waals surface area contributed by atoms with Gasteiger partial charge in [-0.1, -0.05) is 13.8 Å². The van der Waals surface area contributed by atoms with Crippen molar-refractivity contribution >= 4 is 5.97 Å². The molecule has 0 amide bonds. The number of carbonyl (C=O) groups is 1. The van der Waals surface area contributed by atoms with Crippen LogP contribution in [0.1, 0.15) is 27.2 Å². The maximum Gasteiger partial charge on any atom is 0.326 e. The summed E-state index contributed by atoms with van der Waals surface area (Å²) < 4.78 is 4.97. The highest BCUT2D eigenvalue weighted by atomic mass is 16.5. The van der Waals surface area contributed by atoms with Gasteiger partial charge in [-0.2, -0.15) is 0 Å². The fraction of sp³-hybridized carbons (Fsp3) is 0.909. The van der Waals surface area contributed by atoms with Crippen molar-refractivity contribution in [2.24, 2.45) is 5.92 Å². The molecule has 0 aromatic rings. The van der Waals surface area contributed by atoms with E-state index in [1.165, 1.54) is 7.11 Å². The minimum Gasteiger partial charge on any atom is -0.480 e. The van der Waals surface area contributed by atoms with Crippen molar-refractivity contribution < 1.29 is 14.6 Å². The fourth-order valence-corrected chi connectivity index (χ4v) is 1.31. The monoisotopic (exact) mass is 217 g/mol. The number of aliphatic carboxylic acids is 1. The van der Waals surface area contributed by atoms with Gasteiger partial charge >= 0.3 is 5.97 Å².